The minimum atomic E-state index is -0.211. The van der Waals surface area contributed by atoms with Crippen LogP contribution >= 0.6 is 35.0 Å². The number of benzene rings is 2. The average molecular weight is 397 g/mol. The molecule has 1 saturated heterocycles. The number of halogens is 2. The van der Waals surface area contributed by atoms with E-state index in [1.807, 2.05) is 18.2 Å². The Balaban J connectivity index is 1.55. The predicted molar refractivity (Wildman–Crippen MR) is 100.0 cm³/mol. The lowest BCUT2D eigenvalue weighted by atomic mass is 10.2. The van der Waals surface area contributed by atoms with Gasteiger partial charge in [0.25, 0.3) is 0 Å². The first kappa shape index (κ1) is 16.7. The molecule has 130 valence electrons. The quantitative estimate of drug-likeness (QED) is 0.775. The highest BCUT2D eigenvalue weighted by atomic mass is 35.5. The maximum absolute atomic E-state index is 12.7. The Kier molecular flexibility index (Phi) is 4.58. The van der Waals surface area contributed by atoms with E-state index < -0.39 is 0 Å². The first-order valence-corrected chi connectivity index (χ1v) is 9.47. The van der Waals surface area contributed by atoms with Crippen LogP contribution in [0.1, 0.15) is 10.9 Å². The number of carbonyl (C=O) groups is 1. The second-order valence-electron chi connectivity index (χ2n) is 5.56. The molecule has 0 spiro atoms. The van der Waals surface area contributed by atoms with Crippen molar-refractivity contribution in [2.75, 3.05) is 24.4 Å². The molecule has 2 aliphatic heterocycles. The molecule has 1 fully saturated rings. The van der Waals surface area contributed by atoms with Crippen LogP contribution in [0.15, 0.2) is 36.4 Å². The zero-order valence-electron chi connectivity index (χ0n) is 13.0. The fourth-order valence-electron chi connectivity index (χ4n) is 2.81. The van der Waals surface area contributed by atoms with Crippen molar-refractivity contribution < 1.29 is 14.3 Å². The lowest BCUT2D eigenvalue weighted by molar-refractivity contribution is 0.174. The van der Waals surface area contributed by atoms with Gasteiger partial charge in [0.2, 0.25) is 6.79 Å². The van der Waals surface area contributed by atoms with Gasteiger partial charge in [0.05, 0.1) is 15.7 Å². The summed E-state index contributed by atoms with van der Waals surface area (Å²) in [6.45, 7) is 0.877. The maximum atomic E-state index is 12.7. The van der Waals surface area contributed by atoms with E-state index in [4.69, 9.17) is 32.7 Å². The SMILES string of the molecule is O=C(Nc1cccc(Cl)c1Cl)N1CCSC1c1ccc2c(c1)OCO2. The number of hydrogen-bond donors (Lipinski definition) is 1. The highest BCUT2D eigenvalue weighted by Crippen LogP contribution is 2.42. The highest BCUT2D eigenvalue weighted by Gasteiger charge is 2.32. The monoisotopic (exact) mass is 396 g/mol. The molecule has 0 bridgehead atoms. The molecule has 1 atom stereocenters. The molecule has 2 heterocycles. The predicted octanol–water partition coefficient (Wildman–Crippen LogP) is 5.00. The summed E-state index contributed by atoms with van der Waals surface area (Å²) in [4.78, 5) is 14.5. The van der Waals surface area contributed by atoms with Crippen molar-refractivity contribution in [3.8, 4) is 11.5 Å². The fraction of sp³-hybridized carbons (Fsp3) is 0.235. The second kappa shape index (κ2) is 6.86. The number of urea groups is 1. The number of nitrogens with zero attached hydrogens (tertiary/aromatic N) is 1. The van der Waals surface area contributed by atoms with Crippen molar-refractivity contribution in [2.45, 2.75) is 5.37 Å². The Morgan fingerprint density at radius 2 is 2.04 bits per heavy atom. The molecule has 2 aliphatic rings. The molecule has 25 heavy (non-hydrogen) atoms. The molecule has 2 amide bonds. The van der Waals surface area contributed by atoms with Crippen LogP contribution in [0.5, 0.6) is 11.5 Å². The van der Waals surface area contributed by atoms with E-state index in [0.29, 0.717) is 28.0 Å². The van der Waals surface area contributed by atoms with Gasteiger partial charge in [-0.15, -0.1) is 11.8 Å². The molecule has 2 aromatic rings. The van der Waals surface area contributed by atoms with Crippen molar-refractivity contribution in [2.24, 2.45) is 0 Å². The largest absolute Gasteiger partial charge is 0.454 e. The lowest BCUT2D eigenvalue weighted by Gasteiger charge is -2.25. The van der Waals surface area contributed by atoms with E-state index in [1.165, 1.54) is 0 Å². The van der Waals surface area contributed by atoms with E-state index >= 15 is 0 Å². The van der Waals surface area contributed by atoms with Crippen LogP contribution in [-0.4, -0.2) is 30.0 Å². The van der Waals surface area contributed by atoms with Gasteiger partial charge in [-0.25, -0.2) is 4.79 Å². The number of thioether (sulfide) groups is 1. The Hall–Kier alpha value is -1.76. The van der Waals surface area contributed by atoms with Gasteiger partial charge in [-0.3, -0.25) is 0 Å². The number of nitrogens with one attached hydrogen (secondary N) is 1. The van der Waals surface area contributed by atoms with E-state index in [-0.39, 0.29) is 18.2 Å². The molecular formula is C17H14Cl2N2O3S. The highest BCUT2D eigenvalue weighted by molar-refractivity contribution is 7.99. The summed E-state index contributed by atoms with van der Waals surface area (Å²) in [5.74, 6) is 2.30. The van der Waals surface area contributed by atoms with Crippen LogP contribution in [0.4, 0.5) is 10.5 Å². The van der Waals surface area contributed by atoms with Crippen molar-refractivity contribution in [1.29, 1.82) is 0 Å². The molecule has 0 aliphatic carbocycles. The van der Waals surface area contributed by atoms with Gasteiger partial charge in [-0.05, 0) is 29.8 Å². The Morgan fingerprint density at radius 3 is 2.92 bits per heavy atom. The van der Waals surface area contributed by atoms with E-state index in [1.54, 1.807) is 34.9 Å². The minimum Gasteiger partial charge on any atom is -0.454 e. The number of fused-ring (bicyclic) bond motifs is 1. The summed E-state index contributed by atoms with van der Waals surface area (Å²) in [6, 6.07) is 10.7. The van der Waals surface area contributed by atoms with Gasteiger partial charge in [-0.1, -0.05) is 35.3 Å². The number of ether oxygens (including phenoxy) is 2. The van der Waals surface area contributed by atoms with Gasteiger partial charge in [0, 0.05) is 12.3 Å². The first-order valence-electron chi connectivity index (χ1n) is 7.66. The topological polar surface area (TPSA) is 50.8 Å². The molecule has 0 radical (unpaired) electrons. The summed E-state index contributed by atoms with van der Waals surface area (Å²) >= 11 is 13.9. The van der Waals surface area contributed by atoms with Gasteiger partial charge in [0.15, 0.2) is 11.5 Å². The van der Waals surface area contributed by atoms with Crippen LogP contribution in [0.25, 0.3) is 0 Å². The Morgan fingerprint density at radius 1 is 1.20 bits per heavy atom. The summed E-state index contributed by atoms with van der Waals surface area (Å²) in [5.41, 5.74) is 1.50. The number of anilines is 1. The third-order valence-electron chi connectivity index (χ3n) is 4.03. The maximum Gasteiger partial charge on any atom is 0.323 e. The summed E-state index contributed by atoms with van der Waals surface area (Å²) < 4.78 is 10.8. The van der Waals surface area contributed by atoms with Gasteiger partial charge < -0.3 is 19.7 Å². The van der Waals surface area contributed by atoms with Crippen LogP contribution in [0.3, 0.4) is 0 Å². The second-order valence-corrected chi connectivity index (χ2v) is 7.53. The summed E-state index contributed by atoms with van der Waals surface area (Å²) in [5, 5.41) is 3.50. The van der Waals surface area contributed by atoms with E-state index in [9.17, 15) is 4.79 Å². The summed E-state index contributed by atoms with van der Waals surface area (Å²) in [7, 11) is 0. The Labute approximate surface area is 159 Å². The number of rotatable bonds is 2. The minimum absolute atomic E-state index is 0.0903. The molecule has 0 saturated carbocycles. The van der Waals surface area contributed by atoms with Gasteiger partial charge in [-0.2, -0.15) is 0 Å². The zero-order chi connectivity index (χ0) is 17.4. The van der Waals surface area contributed by atoms with Gasteiger partial charge in [0.1, 0.15) is 5.37 Å². The molecule has 0 aromatic heterocycles. The van der Waals surface area contributed by atoms with Crippen molar-refractivity contribution in [3.63, 3.8) is 0 Å². The third kappa shape index (κ3) is 3.21. The van der Waals surface area contributed by atoms with Crippen molar-refractivity contribution in [3.05, 3.63) is 52.0 Å². The van der Waals surface area contributed by atoms with Crippen molar-refractivity contribution in [1.82, 2.24) is 4.90 Å². The molecule has 2 aromatic carbocycles. The van der Waals surface area contributed by atoms with Crippen molar-refractivity contribution >= 4 is 46.7 Å². The Bertz CT molecular complexity index is 834. The number of carbonyl (C=O) groups excluding carboxylic acids is 1. The van der Waals surface area contributed by atoms with E-state index in [0.717, 1.165) is 17.1 Å². The number of amides is 2. The lowest BCUT2D eigenvalue weighted by Crippen LogP contribution is -2.34. The zero-order valence-corrected chi connectivity index (χ0v) is 15.3. The normalized spacial score (nSPS) is 18.5. The van der Waals surface area contributed by atoms with Gasteiger partial charge >= 0.3 is 6.03 Å². The number of hydrogen-bond acceptors (Lipinski definition) is 4. The smallest absolute Gasteiger partial charge is 0.323 e. The third-order valence-corrected chi connectivity index (χ3v) is 6.11. The average Bonchev–Trinajstić information content (AvgIpc) is 3.27. The van der Waals surface area contributed by atoms with Crippen LogP contribution in [0, 0.1) is 0 Å². The molecule has 5 nitrogen and oxygen atoms in total. The summed E-state index contributed by atoms with van der Waals surface area (Å²) in [6.07, 6.45) is 0. The molecular weight excluding hydrogens is 383 g/mol. The standard InChI is InChI=1S/C17H14Cl2N2O3S/c18-11-2-1-3-12(15(11)19)20-17(22)21-6-7-25-16(21)10-4-5-13-14(8-10)24-9-23-13/h1-5,8,16H,6-7,9H2,(H,20,22). The van der Waals surface area contributed by atoms with E-state index in [2.05, 4.69) is 5.32 Å². The van der Waals surface area contributed by atoms with Crippen LogP contribution in [0.2, 0.25) is 10.0 Å². The molecule has 1 unspecified atom stereocenters. The first-order chi connectivity index (χ1) is 12.1. The molecule has 8 heteroatoms. The van der Waals surface area contributed by atoms with Crippen LogP contribution in [-0.2, 0) is 0 Å². The molecule has 1 N–H and O–H groups in total. The molecule has 4 rings (SSSR count). The fourth-order valence-corrected chi connectivity index (χ4v) is 4.40. The van der Waals surface area contributed by atoms with Crippen LogP contribution < -0.4 is 14.8 Å².